The lowest BCUT2D eigenvalue weighted by atomic mass is 10.1. The third-order valence-corrected chi connectivity index (χ3v) is 5.75. The van der Waals surface area contributed by atoms with Crippen molar-refractivity contribution in [1.29, 1.82) is 0 Å². The molecule has 0 fully saturated rings. The van der Waals surface area contributed by atoms with Gasteiger partial charge in [0.1, 0.15) is 0 Å². The number of halogens is 1. The highest BCUT2D eigenvalue weighted by Crippen LogP contribution is 2.28. The van der Waals surface area contributed by atoms with Crippen LogP contribution >= 0.6 is 23.4 Å². The highest BCUT2D eigenvalue weighted by Gasteiger charge is 2.20. The van der Waals surface area contributed by atoms with Crippen LogP contribution in [0.4, 0.5) is 5.69 Å². The van der Waals surface area contributed by atoms with Gasteiger partial charge in [-0.1, -0.05) is 42.4 Å². The van der Waals surface area contributed by atoms with Gasteiger partial charge in [0.2, 0.25) is 5.91 Å². The summed E-state index contributed by atoms with van der Waals surface area (Å²) in [5, 5.41) is 12.7. The lowest BCUT2D eigenvalue weighted by molar-refractivity contribution is -0.115. The third-order valence-electron chi connectivity index (χ3n) is 4.42. The Labute approximate surface area is 174 Å². The molecule has 0 aliphatic carbocycles. The van der Waals surface area contributed by atoms with Crippen LogP contribution in [0.5, 0.6) is 0 Å². The Balaban J connectivity index is 1.71. The summed E-state index contributed by atoms with van der Waals surface area (Å²) >= 11 is 7.37. The van der Waals surface area contributed by atoms with Crippen LogP contribution in [0, 0.1) is 0 Å². The topological polar surface area (TPSA) is 59.8 Å². The Morgan fingerprint density at radius 3 is 2.39 bits per heavy atom. The number of aromatic nitrogens is 3. The zero-order chi connectivity index (χ0) is 20.1. The van der Waals surface area contributed by atoms with Gasteiger partial charge in [-0.2, -0.15) is 0 Å². The summed E-state index contributed by atoms with van der Waals surface area (Å²) in [7, 11) is 0. The smallest absolute Gasteiger partial charge is 0.237 e. The van der Waals surface area contributed by atoms with Crippen LogP contribution in [-0.4, -0.2) is 25.9 Å². The highest BCUT2D eigenvalue weighted by molar-refractivity contribution is 8.00. The molecule has 2 aromatic carbocycles. The number of hydrogen-bond donors (Lipinski definition) is 1. The molecule has 3 rings (SSSR count). The molecule has 1 amide bonds. The molecular weight excluding hydrogens is 392 g/mol. The molecule has 0 radical (unpaired) electrons. The average Bonchev–Trinajstić information content (AvgIpc) is 3.11. The summed E-state index contributed by atoms with van der Waals surface area (Å²) in [6, 6.07) is 15.4. The molecular formula is C21H23ClN4OS. The van der Waals surface area contributed by atoms with Gasteiger partial charge in [0.05, 0.1) is 5.25 Å². The van der Waals surface area contributed by atoms with Gasteiger partial charge in [-0.3, -0.25) is 4.79 Å². The van der Waals surface area contributed by atoms with Crippen molar-refractivity contribution in [1.82, 2.24) is 14.8 Å². The molecule has 1 N–H and O–H groups in total. The molecule has 3 aromatic rings. The van der Waals surface area contributed by atoms with Crippen molar-refractivity contribution in [3.8, 4) is 11.4 Å². The molecule has 0 aliphatic rings. The van der Waals surface area contributed by atoms with Crippen molar-refractivity contribution in [2.45, 2.75) is 44.1 Å². The molecule has 1 aromatic heterocycles. The minimum Gasteiger partial charge on any atom is -0.325 e. The molecule has 146 valence electrons. The second-order valence-corrected chi connectivity index (χ2v) is 8.10. The summed E-state index contributed by atoms with van der Waals surface area (Å²) in [5.74, 6) is 0.706. The summed E-state index contributed by atoms with van der Waals surface area (Å²) in [6.45, 7) is 6.72. The van der Waals surface area contributed by atoms with E-state index in [4.69, 9.17) is 11.6 Å². The molecule has 5 nitrogen and oxygen atoms in total. The quantitative estimate of drug-likeness (QED) is 0.533. The molecule has 1 atom stereocenters. The predicted octanol–water partition coefficient (Wildman–Crippen LogP) is 5.30. The predicted molar refractivity (Wildman–Crippen MR) is 116 cm³/mol. The summed E-state index contributed by atoms with van der Waals surface area (Å²) in [6.07, 6.45) is 0.975. The van der Waals surface area contributed by atoms with E-state index in [2.05, 4.69) is 22.4 Å². The van der Waals surface area contributed by atoms with Crippen molar-refractivity contribution in [3.05, 3.63) is 59.1 Å². The summed E-state index contributed by atoms with van der Waals surface area (Å²) < 4.78 is 2.01. The number of anilines is 1. The second kappa shape index (κ2) is 9.26. The van der Waals surface area contributed by atoms with E-state index in [-0.39, 0.29) is 11.2 Å². The number of hydrogen-bond acceptors (Lipinski definition) is 4. The Bertz CT molecular complexity index is 938. The van der Waals surface area contributed by atoms with Gasteiger partial charge in [0.15, 0.2) is 11.0 Å². The lowest BCUT2D eigenvalue weighted by Crippen LogP contribution is -2.23. The molecule has 0 unspecified atom stereocenters. The lowest BCUT2D eigenvalue weighted by Gasteiger charge is -2.13. The average molecular weight is 415 g/mol. The largest absolute Gasteiger partial charge is 0.325 e. The number of carbonyl (C=O) groups excluding carboxylic acids is 1. The van der Waals surface area contributed by atoms with E-state index < -0.39 is 0 Å². The minimum absolute atomic E-state index is 0.0621. The van der Waals surface area contributed by atoms with Gasteiger partial charge in [0, 0.05) is 22.8 Å². The number of rotatable bonds is 7. The molecule has 0 aliphatic heterocycles. The molecule has 0 bridgehead atoms. The number of nitrogens with one attached hydrogen (secondary N) is 1. The van der Waals surface area contributed by atoms with Crippen molar-refractivity contribution in [3.63, 3.8) is 0 Å². The van der Waals surface area contributed by atoms with E-state index in [1.54, 1.807) is 0 Å². The van der Waals surface area contributed by atoms with E-state index >= 15 is 0 Å². The van der Waals surface area contributed by atoms with Gasteiger partial charge in [-0.15, -0.1) is 10.2 Å². The van der Waals surface area contributed by atoms with Crippen LogP contribution < -0.4 is 5.32 Å². The van der Waals surface area contributed by atoms with Gasteiger partial charge in [0.25, 0.3) is 0 Å². The van der Waals surface area contributed by atoms with E-state index in [9.17, 15) is 4.79 Å². The Morgan fingerprint density at radius 2 is 1.79 bits per heavy atom. The maximum Gasteiger partial charge on any atom is 0.237 e. The zero-order valence-electron chi connectivity index (χ0n) is 16.1. The fourth-order valence-corrected chi connectivity index (χ4v) is 3.79. The monoisotopic (exact) mass is 414 g/mol. The van der Waals surface area contributed by atoms with Gasteiger partial charge < -0.3 is 9.88 Å². The van der Waals surface area contributed by atoms with Crippen LogP contribution in [0.3, 0.4) is 0 Å². The first-order valence-electron chi connectivity index (χ1n) is 9.27. The van der Waals surface area contributed by atoms with Crippen LogP contribution in [0.25, 0.3) is 11.4 Å². The van der Waals surface area contributed by atoms with E-state index in [1.807, 2.05) is 66.9 Å². The van der Waals surface area contributed by atoms with E-state index in [1.165, 1.54) is 17.3 Å². The first kappa shape index (κ1) is 20.4. The maximum atomic E-state index is 12.6. The summed E-state index contributed by atoms with van der Waals surface area (Å²) in [5.41, 5.74) is 2.98. The molecule has 7 heteroatoms. The zero-order valence-corrected chi connectivity index (χ0v) is 17.7. The second-order valence-electron chi connectivity index (χ2n) is 6.36. The van der Waals surface area contributed by atoms with Crippen LogP contribution in [0.15, 0.2) is 53.7 Å². The van der Waals surface area contributed by atoms with Crippen molar-refractivity contribution < 1.29 is 4.79 Å². The fraction of sp³-hybridized carbons (Fsp3) is 0.286. The third kappa shape index (κ3) is 4.75. The number of aryl methyl sites for hydroxylation is 1. The number of carbonyl (C=O) groups is 1. The van der Waals surface area contributed by atoms with E-state index in [0.717, 1.165) is 28.7 Å². The van der Waals surface area contributed by atoms with Crippen LogP contribution in [0.2, 0.25) is 5.02 Å². The first-order chi connectivity index (χ1) is 13.5. The van der Waals surface area contributed by atoms with Gasteiger partial charge in [-0.25, -0.2) is 0 Å². The Hall–Kier alpha value is -2.31. The maximum absolute atomic E-state index is 12.6. The van der Waals surface area contributed by atoms with Crippen LogP contribution in [-0.2, 0) is 17.8 Å². The number of nitrogens with zero attached hydrogens (tertiary/aromatic N) is 3. The number of benzene rings is 2. The Morgan fingerprint density at radius 1 is 1.11 bits per heavy atom. The number of thioether (sulfide) groups is 1. The number of amides is 1. The van der Waals surface area contributed by atoms with Gasteiger partial charge >= 0.3 is 0 Å². The van der Waals surface area contributed by atoms with Crippen molar-refractivity contribution >= 4 is 35.0 Å². The standard InChI is InChI=1S/C21H23ClN4OS/c1-4-15-6-12-18(13-7-15)23-20(27)14(3)28-21-25-24-19(26(21)5-2)16-8-10-17(22)11-9-16/h6-14H,4-5H2,1-3H3,(H,23,27)/t14-/m1/s1. The van der Waals surface area contributed by atoms with Crippen LogP contribution in [0.1, 0.15) is 26.3 Å². The molecule has 0 saturated heterocycles. The van der Waals surface area contributed by atoms with Crippen molar-refractivity contribution in [2.24, 2.45) is 0 Å². The fourth-order valence-electron chi connectivity index (χ4n) is 2.75. The minimum atomic E-state index is -0.307. The molecule has 28 heavy (non-hydrogen) atoms. The first-order valence-corrected chi connectivity index (χ1v) is 10.5. The highest BCUT2D eigenvalue weighted by atomic mass is 35.5. The van der Waals surface area contributed by atoms with Crippen molar-refractivity contribution in [2.75, 3.05) is 5.32 Å². The van der Waals surface area contributed by atoms with Gasteiger partial charge in [-0.05, 0) is 62.2 Å². The normalized spacial score (nSPS) is 12.0. The molecule has 1 heterocycles. The van der Waals surface area contributed by atoms with E-state index in [0.29, 0.717) is 11.6 Å². The molecule has 0 spiro atoms. The Kier molecular flexibility index (Phi) is 6.75. The SMILES string of the molecule is CCc1ccc(NC(=O)[C@@H](C)Sc2nnc(-c3ccc(Cl)cc3)n2CC)cc1. The molecule has 0 saturated carbocycles. The summed E-state index contributed by atoms with van der Waals surface area (Å²) in [4.78, 5) is 12.6.